The molecule has 0 aliphatic heterocycles. The summed E-state index contributed by atoms with van der Waals surface area (Å²) in [5.74, 6) is -2.14. The topological polar surface area (TPSA) is 146 Å². The van der Waals surface area contributed by atoms with Gasteiger partial charge in [-0.3, -0.25) is 9.59 Å². The first kappa shape index (κ1) is 38.1. The molecular weight excluding hydrogens is 639 g/mol. The Balaban J connectivity index is 0.000000838. The number of halogens is 3. The third-order valence-corrected chi connectivity index (χ3v) is 7.27. The van der Waals surface area contributed by atoms with Crippen molar-refractivity contribution in [1.82, 2.24) is 10.2 Å². The maximum atomic E-state index is 13.3. The van der Waals surface area contributed by atoms with Crippen molar-refractivity contribution in [1.29, 1.82) is 0 Å². The Labute approximate surface area is 282 Å². The summed E-state index contributed by atoms with van der Waals surface area (Å²) in [6, 6.07) is 26.3. The van der Waals surface area contributed by atoms with Gasteiger partial charge in [-0.05, 0) is 96.6 Å². The lowest BCUT2D eigenvalue weighted by Gasteiger charge is -2.22. The summed E-state index contributed by atoms with van der Waals surface area (Å²) in [7, 11) is 0. The van der Waals surface area contributed by atoms with Gasteiger partial charge in [0, 0.05) is 31.3 Å². The average Bonchev–Trinajstić information content (AvgIpc) is 3.62. The third-order valence-electron chi connectivity index (χ3n) is 7.27. The van der Waals surface area contributed by atoms with E-state index in [1.54, 1.807) is 41.5 Å². The van der Waals surface area contributed by atoms with Crippen LogP contribution in [0.25, 0.3) is 17.2 Å². The van der Waals surface area contributed by atoms with E-state index in [-0.39, 0.29) is 17.6 Å². The molecule has 0 aliphatic rings. The van der Waals surface area contributed by atoms with E-state index in [9.17, 15) is 27.9 Å². The molecule has 4 rings (SSSR count). The lowest BCUT2D eigenvalue weighted by atomic mass is 10.0. The largest absolute Gasteiger partial charge is 0.508 e. The van der Waals surface area contributed by atoms with Gasteiger partial charge < -0.3 is 30.6 Å². The molecule has 0 saturated heterocycles. The minimum absolute atomic E-state index is 0.0822. The number of nitrogens with one attached hydrogen (secondary N) is 1. The number of alkyl halides is 3. The minimum Gasteiger partial charge on any atom is -0.508 e. The van der Waals surface area contributed by atoms with Gasteiger partial charge in [0.1, 0.15) is 11.5 Å². The second-order valence-electron chi connectivity index (χ2n) is 11.1. The SMILES string of the molecule is NCCCCCCNC(=O)c1cccc(-c2cccc(CN(CCc3ccc(O)cc3)C(=O)C=Cc3ccco3)c2)c1.O=C(O)C(F)(F)F. The highest BCUT2D eigenvalue weighted by atomic mass is 19.4. The lowest BCUT2D eigenvalue weighted by Crippen LogP contribution is -2.31. The number of carboxylic acids is 1. The molecule has 0 bridgehead atoms. The number of hydrogen-bond acceptors (Lipinski definition) is 6. The van der Waals surface area contributed by atoms with Gasteiger partial charge in [0.15, 0.2) is 0 Å². The highest BCUT2D eigenvalue weighted by Crippen LogP contribution is 2.23. The molecule has 0 fully saturated rings. The van der Waals surface area contributed by atoms with E-state index in [0.717, 1.165) is 47.9 Å². The molecule has 0 unspecified atom stereocenters. The number of phenols is 1. The summed E-state index contributed by atoms with van der Waals surface area (Å²) < 4.78 is 37.1. The van der Waals surface area contributed by atoms with Crippen LogP contribution in [0.15, 0.2) is 102 Å². The van der Waals surface area contributed by atoms with Crippen LogP contribution in [0.5, 0.6) is 5.75 Å². The number of amides is 2. The number of furan rings is 1. The second-order valence-corrected chi connectivity index (χ2v) is 11.1. The number of carboxylic acid groups (broad SMARTS) is 1. The number of hydrogen-bond donors (Lipinski definition) is 4. The smallest absolute Gasteiger partial charge is 0.490 e. The van der Waals surface area contributed by atoms with Crippen LogP contribution in [-0.4, -0.2) is 58.7 Å². The van der Waals surface area contributed by atoms with Crippen LogP contribution in [0.2, 0.25) is 0 Å². The first-order valence-electron chi connectivity index (χ1n) is 15.7. The number of benzene rings is 3. The van der Waals surface area contributed by atoms with Crippen molar-refractivity contribution in [2.45, 2.75) is 44.8 Å². The van der Waals surface area contributed by atoms with Crippen LogP contribution in [0.1, 0.15) is 52.9 Å². The van der Waals surface area contributed by atoms with E-state index in [1.165, 1.54) is 6.08 Å². The Morgan fingerprint density at radius 1 is 0.857 bits per heavy atom. The summed E-state index contributed by atoms with van der Waals surface area (Å²) in [6.45, 7) is 2.26. The van der Waals surface area contributed by atoms with E-state index in [0.29, 0.717) is 43.9 Å². The van der Waals surface area contributed by atoms with Gasteiger partial charge in [0.05, 0.1) is 6.26 Å². The average molecular weight is 680 g/mol. The van der Waals surface area contributed by atoms with Gasteiger partial charge in [-0.25, -0.2) is 4.79 Å². The van der Waals surface area contributed by atoms with Gasteiger partial charge in [-0.1, -0.05) is 55.3 Å². The Morgan fingerprint density at radius 2 is 1.53 bits per heavy atom. The number of phenolic OH excluding ortho intramolecular Hbond substituents is 1. The lowest BCUT2D eigenvalue weighted by molar-refractivity contribution is -0.192. The molecule has 4 aromatic rings. The van der Waals surface area contributed by atoms with Crippen molar-refractivity contribution < 1.29 is 42.2 Å². The quantitative estimate of drug-likeness (QED) is 0.0797. The van der Waals surface area contributed by atoms with Gasteiger partial charge >= 0.3 is 12.1 Å². The van der Waals surface area contributed by atoms with Crippen LogP contribution in [-0.2, 0) is 22.6 Å². The monoisotopic (exact) mass is 679 g/mol. The van der Waals surface area contributed by atoms with Crippen molar-refractivity contribution in [3.8, 4) is 16.9 Å². The highest BCUT2D eigenvalue weighted by molar-refractivity contribution is 5.95. The molecule has 49 heavy (non-hydrogen) atoms. The van der Waals surface area contributed by atoms with Gasteiger partial charge in [0.2, 0.25) is 5.91 Å². The molecule has 260 valence electrons. The molecular formula is C37H40F3N3O6. The van der Waals surface area contributed by atoms with Gasteiger partial charge in [-0.15, -0.1) is 0 Å². The van der Waals surface area contributed by atoms with Gasteiger partial charge in [-0.2, -0.15) is 13.2 Å². The van der Waals surface area contributed by atoms with E-state index >= 15 is 0 Å². The maximum absolute atomic E-state index is 13.3. The molecule has 0 aliphatic carbocycles. The number of nitrogens with two attached hydrogens (primary N) is 1. The zero-order valence-electron chi connectivity index (χ0n) is 26.9. The fraction of sp³-hybridized carbons (Fsp3) is 0.270. The van der Waals surface area contributed by atoms with Crippen LogP contribution in [0, 0.1) is 0 Å². The standard InChI is InChI=1S/C35H39N3O4.C2HF3O2/c36-20-3-1-2-4-21-37-35(41)31-11-6-10-30(25-31)29-9-5-8-28(24-29)26-38(22-19-27-13-15-32(39)16-14-27)34(40)18-17-33-12-7-23-42-33;3-2(4,5)1(6)7/h5-18,23-25,39H,1-4,19-22,26,36H2,(H,37,41);(H,6,7). The Hall–Kier alpha value is -5.36. The molecule has 0 radical (unpaired) electrons. The molecule has 2 amide bonds. The van der Waals surface area contributed by atoms with Crippen molar-refractivity contribution in [3.63, 3.8) is 0 Å². The summed E-state index contributed by atoms with van der Waals surface area (Å²) in [6.07, 6.45) is 4.41. The summed E-state index contributed by atoms with van der Waals surface area (Å²) in [4.78, 5) is 36.7. The first-order valence-corrected chi connectivity index (χ1v) is 15.7. The van der Waals surface area contributed by atoms with Crippen molar-refractivity contribution in [2.75, 3.05) is 19.6 Å². The van der Waals surface area contributed by atoms with Crippen molar-refractivity contribution in [3.05, 3.63) is 120 Å². The molecule has 1 aromatic heterocycles. The summed E-state index contributed by atoms with van der Waals surface area (Å²) >= 11 is 0. The number of aliphatic carboxylic acids is 1. The molecule has 12 heteroatoms. The van der Waals surface area contributed by atoms with Crippen LogP contribution < -0.4 is 11.1 Å². The molecule has 0 spiro atoms. The number of unbranched alkanes of at least 4 members (excludes halogenated alkanes) is 3. The Bertz CT molecular complexity index is 1650. The number of carbonyl (C=O) groups excluding carboxylic acids is 2. The number of aromatic hydroxyl groups is 1. The van der Waals surface area contributed by atoms with E-state index in [2.05, 4.69) is 11.4 Å². The molecule has 9 nitrogen and oxygen atoms in total. The summed E-state index contributed by atoms with van der Waals surface area (Å²) in [5.41, 5.74) is 10.1. The minimum atomic E-state index is -5.08. The second kappa shape index (κ2) is 19.5. The number of rotatable bonds is 15. The Morgan fingerprint density at radius 3 is 2.18 bits per heavy atom. The third kappa shape index (κ3) is 13.7. The summed E-state index contributed by atoms with van der Waals surface area (Å²) in [5, 5.41) is 19.8. The molecule has 1 heterocycles. The van der Waals surface area contributed by atoms with Gasteiger partial charge in [0.25, 0.3) is 5.91 Å². The van der Waals surface area contributed by atoms with Crippen molar-refractivity contribution >= 4 is 23.9 Å². The molecule has 3 aromatic carbocycles. The first-order chi connectivity index (χ1) is 23.5. The van der Waals surface area contributed by atoms with Crippen molar-refractivity contribution in [2.24, 2.45) is 5.73 Å². The zero-order valence-corrected chi connectivity index (χ0v) is 26.9. The molecule has 5 N–H and O–H groups in total. The fourth-order valence-electron chi connectivity index (χ4n) is 4.68. The van der Waals surface area contributed by atoms with Crippen LogP contribution in [0.4, 0.5) is 13.2 Å². The van der Waals surface area contributed by atoms with E-state index < -0.39 is 12.1 Å². The van der Waals surface area contributed by atoms with Crippen LogP contribution >= 0.6 is 0 Å². The Kier molecular flexibility index (Phi) is 15.1. The molecule has 0 atom stereocenters. The van der Waals surface area contributed by atoms with E-state index in [1.807, 2.05) is 54.6 Å². The van der Waals surface area contributed by atoms with E-state index in [4.69, 9.17) is 20.1 Å². The normalized spacial score (nSPS) is 11.1. The predicted molar refractivity (Wildman–Crippen MR) is 180 cm³/mol. The fourth-order valence-corrected chi connectivity index (χ4v) is 4.68. The highest BCUT2D eigenvalue weighted by Gasteiger charge is 2.38. The molecule has 0 saturated carbocycles. The maximum Gasteiger partial charge on any atom is 0.490 e. The number of nitrogens with zero attached hydrogens (tertiary/aromatic N) is 1. The zero-order chi connectivity index (χ0) is 35.6. The predicted octanol–water partition coefficient (Wildman–Crippen LogP) is 6.82. The van der Waals surface area contributed by atoms with Crippen LogP contribution in [0.3, 0.4) is 0 Å². The number of carbonyl (C=O) groups is 3.